The molecule has 0 aliphatic carbocycles. The molecule has 1 amide bonds. The Morgan fingerprint density at radius 2 is 1.59 bits per heavy atom. The molecular formula is C25H27BrN2O3S. The molecule has 3 aromatic rings. The Balaban J connectivity index is 1.90. The number of nitrogens with zero attached hydrogens (tertiary/aromatic N) is 1. The van der Waals surface area contributed by atoms with Crippen LogP contribution in [0.15, 0.2) is 76.1 Å². The van der Waals surface area contributed by atoms with E-state index in [0.717, 1.165) is 25.5 Å². The first-order chi connectivity index (χ1) is 15.1. The van der Waals surface area contributed by atoms with E-state index in [0.29, 0.717) is 5.69 Å². The standard InChI is InChI=1S/C25H27BrN2O3S/c1-17-13-19(3)24(14-18(17)2)20(4)27-25(29)16-28(22-10-8-9-21(26)15-22)32(30,31)23-11-6-5-7-12-23/h5-15,20H,16H2,1-4H3,(H,27,29). The number of carbonyl (C=O) groups is 1. The quantitative estimate of drug-likeness (QED) is 0.455. The largest absolute Gasteiger partial charge is 0.348 e. The fourth-order valence-corrected chi connectivity index (χ4v) is 5.43. The number of rotatable bonds is 7. The smallest absolute Gasteiger partial charge is 0.264 e. The summed E-state index contributed by atoms with van der Waals surface area (Å²) in [4.78, 5) is 13.1. The second-order valence-electron chi connectivity index (χ2n) is 7.89. The van der Waals surface area contributed by atoms with Crippen LogP contribution in [0.1, 0.15) is 35.2 Å². The average Bonchev–Trinajstić information content (AvgIpc) is 2.75. The first kappa shape index (κ1) is 24.0. The van der Waals surface area contributed by atoms with E-state index in [1.807, 2.05) is 26.8 Å². The van der Waals surface area contributed by atoms with E-state index in [9.17, 15) is 13.2 Å². The van der Waals surface area contributed by atoms with Gasteiger partial charge in [0.25, 0.3) is 10.0 Å². The summed E-state index contributed by atoms with van der Waals surface area (Å²) < 4.78 is 28.7. The molecule has 0 radical (unpaired) electrons. The number of hydrogen-bond donors (Lipinski definition) is 1. The van der Waals surface area contributed by atoms with Crippen molar-refractivity contribution < 1.29 is 13.2 Å². The fourth-order valence-electron chi connectivity index (χ4n) is 3.61. The Morgan fingerprint density at radius 1 is 0.938 bits per heavy atom. The van der Waals surface area contributed by atoms with Gasteiger partial charge in [0.15, 0.2) is 0 Å². The minimum atomic E-state index is -3.94. The number of amides is 1. The van der Waals surface area contributed by atoms with Gasteiger partial charge >= 0.3 is 0 Å². The van der Waals surface area contributed by atoms with Crippen molar-refractivity contribution in [3.8, 4) is 0 Å². The predicted molar refractivity (Wildman–Crippen MR) is 132 cm³/mol. The molecule has 3 rings (SSSR count). The van der Waals surface area contributed by atoms with Crippen LogP contribution in [0.3, 0.4) is 0 Å². The van der Waals surface area contributed by atoms with Crippen LogP contribution >= 0.6 is 15.9 Å². The lowest BCUT2D eigenvalue weighted by molar-refractivity contribution is -0.120. The molecule has 0 fully saturated rings. The van der Waals surface area contributed by atoms with Crippen molar-refractivity contribution >= 4 is 37.5 Å². The number of sulfonamides is 1. The summed E-state index contributed by atoms with van der Waals surface area (Å²) in [5.74, 6) is -0.380. The molecule has 0 bridgehead atoms. The number of nitrogens with one attached hydrogen (secondary N) is 1. The Morgan fingerprint density at radius 3 is 2.25 bits per heavy atom. The summed E-state index contributed by atoms with van der Waals surface area (Å²) >= 11 is 3.39. The summed E-state index contributed by atoms with van der Waals surface area (Å²) in [6.07, 6.45) is 0. The molecule has 5 nitrogen and oxygen atoms in total. The fraction of sp³-hybridized carbons (Fsp3) is 0.240. The average molecular weight is 515 g/mol. The van der Waals surface area contributed by atoms with Gasteiger partial charge in [-0.15, -0.1) is 0 Å². The molecule has 3 aromatic carbocycles. The minimum Gasteiger partial charge on any atom is -0.348 e. The molecular weight excluding hydrogens is 488 g/mol. The first-order valence-electron chi connectivity index (χ1n) is 10.3. The zero-order chi connectivity index (χ0) is 23.5. The molecule has 0 heterocycles. The maximum absolute atomic E-state index is 13.4. The van der Waals surface area contributed by atoms with Crippen LogP contribution in [0.4, 0.5) is 5.69 Å². The van der Waals surface area contributed by atoms with Gasteiger partial charge in [-0.05, 0) is 80.3 Å². The van der Waals surface area contributed by atoms with Crippen molar-refractivity contribution in [2.75, 3.05) is 10.8 Å². The van der Waals surface area contributed by atoms with Crippen LogP contribution in [0, 0.1) is 20.8 Å². The maximum atomic E-state index is 13.4. The van der Waals surface area contributed by atoms with E-state index in [1.54, 1.807) is 36.4 Å². The molecule has 7 heteroatoms. The van der Waals surface area contributed by atoms with Gasteiger partial charge in [0.1, 0.15) is 6.54 Å². The number of anilines is 1. The highest BCUT2D eigenvalue weighted by atomic mass is 79.9. The van der Waals surface area contributed by atoms with Crippen LogP contribution in [-0.4, -0.2) is 20.9 Å². The summed E-state index contributed by atoms with van der Waals surface area (Å²) in [7, 11) is -3.94. The Hall–Kier alpha value is -2.64. The number of halogens is 1. The monoisotopic (exact) mass is 514 g/mol. The Bertz CT molecular complexity index is 1230. The van der Waals surface area contributed by atoms with Gasteiger partial charge in [-0.1, -0.05) is 52.3 Å². The zero-order valence-corrected chi connectivity index (χ0v) is 21.0. The first-order valence-corrected chi connectivity index (χ1v) is 12.5. The van der Waals surface area contributed by atoms with Crippen LogP contribution in [0.5, 0.6) is 0 Å². The SMILES string of the molecule is Cc1cc(C)c(C(C)NC(=O)CN(c2cccc(Br)c2)S(=O)(=O)c2ccccc2)cc1C. The van der Waals surface area contributed by atoms with Gasteiger partial charge in [0, 0.05) is 4.47 Å². The molecule has 0 saturated heterocycles. The van der Waals surface area contributed by atoms with Crippen molar-refractivity contribution in [3.63, 3.8) is 0 Å². The third kappa shape index (κ3) is 5.40. The Labute approximate surface area is 198 Å². The molecule has 32 heavy (non-hydrogen) atoms. The number of carbonyl (C=O) groups excluding carboxylic acids is 1. The highest BCUT2D eigenvalue weighted by Gasteiger charge is 2.28. The summed E-state index contributed by atoms with van der Waals surface area (Å²) in [6.45, 7) is 7.68. The molecule has 0 aromatic heterocycles. The molecule has 0 aliphatic heterocycles. The van der Waals surface area contributed by atoms with Crippen molar-refractivity contribution in [3.05, 3.63) is 93.5 Å². The van der Waals surface area contributed by atoms with Crippen molar-refractivity contribution in [1.29, 1.82) is 0 Å². The van der Waals surface area contributed by atoms with Crippen LogP contribution in [0.2, 0.25) is 0 Å². The number of aryl methyl sites for hydroxylation is 3. The predicted octanol–water partition coefficient (Wildman–Crippen LogP) is 5.45. The number of hydrogen-bond acceptors (Lipinski definition) is 3. The molecule has 0 saturated carbocycles. The molecule has 1 atom stereocenters. The van der Waals surface area contributed by atoms with Crippen molar-refractivity contribution in [2.24, 2.45) is 0 Å². The van der Waals surface area contributed by atoms with E-state index >= 15 is 0 Å². The third-order valence-electron chi connectivity index (χ3n) is 5.44. The van der Waals surface area contributed by atoms with Crippen LogP contribution < -0.4 is 9.62 Å². The summed E-state index contributed by atoms with van der Waals surface area (Å²) in [5, 5.41) is 2.97. The lowest BCUT2D eigenvalue weighted by Crippen LogP contribution is -2.41. The summed E-state index contributed by atoms with van der Waals surface area (Å²) in [6, 6.07) is 19.0. The molecule has 1 unspecified atom stereocenters. The maximum Gasteiger partial charge on any atom is 0.264 e. The van der Waals surface area contributed by atoms with E-state index in [2.05, 4.69) is 40.3 Å². The molecule has 1 N–H and O–H groups in total. The topological polar surface area (TPSA) is 66.5 Å². The molecule has 168 valence electrons. The highest BCUT2D eigenvalue weighted by Crippen LogP contribution is 2.27. The third-order valence-corrected chi connectivity index (χ3v) is 7.72. The second-order valence-corrected chi connectivity index (χ2v) is 10.7. The van der Waals surface area contributed by atoms with E-state index < -0.39 is 10.0 Å². The number of benzene rings is 3. The van der Waals surface area contributed by atoms with Gasteiger partial charge in [0.05, 0.1) is 16.6 Å². The lowest BCUT2D eigenvalue weighted by Gasteiger charge is -2.26. The zero-order valence-electron chi connectivity index (χ0n) is 18.6. The van der Waals surface area contributed by atoms with Gasteiger partial charge in [-0.25, -0.2) is 8.42 Å². The van der Waals surface area contributed by atoms with Gasteiger partial charge in [-0.3, -0.25) is 9.10 Å². The normalized spacial score (nSPS) is 12.3. The molecule has 0 aliphatic rings. The van der Waals surface area contributed by atoms with Crippen LogP contribution in [-0.2, 0) is 14.8 Å². The molecule has 0 spiro atoms. The second kappa shape index (κ2) is 9.88. The van der Waals surface area contributed by atoms with Gasteiger partial charge in [-0.2, -0.15) is 0 Å². The van der Waals surface area contributed by atoms with E-state index in [4.69, 9.17) is 0 Å². The lowest BCUT2D eigenvalue weighted by atomic mass is 9.96. The van der Waals surface area contributed by atoms with Crippen LogP contribution in [0.25, 0.3) is 0 Å². The highest BCUT2D eigenvalue weighted by molar-refractivity contribution is 9.10. The van der Waals surface area contributed by atoms with Gasteiger partial charge < -0.3 is 5.32 Å². The Kier molecular flexibility index (Phi) is 7.41. The summed E-state index contributed by atoms with van der Waals surface area (Å²) in [5.41, 5.74) is 4.85. The van der Waals surface area contributed by atoms with E-state index in [-0.39, 0.29) is 23.4 Å². The van der Waals surface area contributed by atoms with Gasteiger partial charge in [0.2, 0.25) is 5.91 Å². The van der Waals surface area contributed by atoms with Crippen molar-refractivity contribution in [1.82, 2.24) is 5.32 Å². The minimum absolute atomic E-state index is 0.130. The van der Waals surface area contributed by atoms with E-state index in [1.165, 1.54) is 17.7 Å². The van der Waals surface area contributed by atoms with Crippen molar-refractivity contribution in [2.45, 2.75) is 38.6 Å².